The van der Waals surface area contributed by atoms with E-state index in [1.807, 2.05) is 0 Å². The average molecular weight is 245 g/mol. The summed E-state index contributed by atoms with van der Waals surface area (Å²) in [6.45, 7) is 1.79. The number of aryl methyl sites for hydroxylation is 1. The van der Waals surface area contributed by atoms with Gasteiger partial charge in [0.15, 0.2) is 0 Å². The molecule has 0 unspecified atom stereocenters. The van der Waals surface area contributed by atoms with Crippen LogP contribution in [0, 0.1) is 6.92 Å². The third kappa shape index (κ3) is 2.01. The number of halogens is 1. The Balaban J connectivity index is 3.28. The number of hydrogen-bond acceptors (Lipinski definition) is 3. The molecule has 0 heterocycles. The van der Waals surface area contributed by atoms with Crippen LogP contribution in [0.1, 0.15) is 15.9 Å². The number of carbonyl (C=O) groups is 1. The highest BCUT2D eigenvalue weighted by Crippen LogP contribution is 2.26. The maximum atomic E-state index is 11.2. The van der Waals surface area contributed by atoms with Crippen molar-refractivity contribution >= 4 is 21.9 Å². The second kappa shape index (κ2) is 3.79. The number of methoxy groups -OCH3 is 1. The molecule has 0 atom stereocenters. The smallest absolute Gasteiger partial charge is 0.339 e. The Labute approximate surface area is 84.5 Å². The number of phenolic OH excluding ortho intramolecular Hbond substituents is 1. The Hall–Kier alpha value is -1.03. The van der Waals surface area contributed by atoms with Crippen molar-refractivity contribution < 1.29 is 14.6 Å². The van der Waals surface area contributed by atoms with Crippen LogP contribution in [-0.4, -0.2) is 18.2 Å². The molecule has 1 aromatic rings. The molecule has 0 aliphatic carbocycles. The lowest BCUT2D eigenvalue weighted by Crippen LogP contribution is -2.02. The van der Waals surface area contributed by atoms with Crippen molar-refractivity contribution in [1.29, 1.82) is 0 Å². The minimum Gasteiger partial charge on any atom is -0.508 e. The van der Waals surface area contributed by atoms with E-state index in [9.17, 15) is 9.90 Å². The fraction of sp³-hybridized carbons (Fsp3) is 0.222. The van der Waals surface area contributed by atoms with Gasteiger partial charge in [-0.3, -0.25) is 0 Å². The fourth-order valence-electron chi connectivity index (χ4n) is 1.01. The van der Waals surface area contributed by atoms with Crippen molar-refractivity contribution in [3.05, 3.63) is 27.7 Å². The zero-order chi connectivity index (χ0) is 10.0. The van der Waals surface area contributed by atoms with E-state index in [4.69, 9.17) is 0 Å². The van der Waals surface area contributed by atoms with Crippen LogP contribution in [0.2, 0.25) is 0 Å². The summed E-state index contributed by atoms with van der Waals surface area (Å²) in [6, 6.07) is 2.93. The first-order chi connectivity index (χ1) is 6.06. The number of hydrogen-bond donors (Lipinski definition) is 1. The van der Waals surface area contributed by atoms with Crippen LogP contribution in [0.5, 0.6) is 5.75 Å². The van der Waals surface area contributed by atoms with E-state index in [2.05, 4.69) is 20.7 Å². The van der Waals surface area contributed by atoms with E-state index in [1.54, 1.807) is 13.0 Å². The quantitative estimate of drug-likeness (QED) is 0.772. The molecule has 0 saturated heterocycles. The highest BCUT2D eigenvalue weighted by atomic mass is 79.9. The predicted molar refractivity (Wildman–Crippen MR) is 51.9 cm³/mol. The van der Waals surface area contributed by atoms with Gasteiger partial charge >= 0.3 is 5.97 Å². The highest BCUT2D eigenvalue weighted by molar-refractivity contribution is 9.10. The summed E-state index contributed by atoms with van der Waals surface area (Å²) in [5.41, 5.74) is 1.13. The predicted octanol–water partition coefficient (Wildman–Crippen LogP) is 2.25. The van der Waals surface area contributed by atoms with Crippen LogP contribution in [0.15, 0.2) is 16.6 Å². The number of aromatic hydroxyl groups is 1. The molecule has 0 fully saturated rings. The Kier molecular flexibility index (Phi) is 2.93. The highest BCUT2D eigenvalue weighted by Gasteiger charge is 2.13. The van der Waals surface area contributed by atoms with E-state index in [1.165, 1.54) is 13.2 Å². The lowest BCUT2D eigenvalue weighted by Gasteiger charge is -2.05. The normalized spacial score (nSPS) is 9.77. The molecule has 0 amide bonds. The zero-order valence-electron chi connectivity index (χ0n) is 7.30. The molecular formula is C9H9BrO3. The van der Waals surface area contributed by atoms with Crippen LogP contribution in [0.4, 0.5) is 0 Å². The van der Waals surface area contributed by atoms with Gasteiger partial charge in [-0.05, 0) is 40.5 Å². The summed E-state index contributed by atoms with van der Waals surface area (Å²) in [5, 5.41) is 9.23. The van der Waals surface area contributed by atoms with Gasteiger partial charge in [0, 0.05) is 4.47 Å². The number of rotatable bonds is 1. The summed E-state index contributed by atoms with van der Waals surface area (Å²) >= 11 is 3.24. The van der Waals surface area contributed by atoms with Crippen molar-refractivity contribution in [2.24, 2.45) is 0 Å². The fourth-order valence-corrected chi connectivity index (χ4v) is 1.40. The number of esters is 1. The van der Waals surface area contributed by atoms with E-state index in [0.717, 1.165) is 5.56 Å². The van der Waals surface area contributed by atoms with E-state index in [0.29, 0.717) is 10.0 Å². The van der Waals surface area contributed by atoms with Gasteiger partial charge in [0.05, 0.1) is 12.7 Å². The van der Waals surface area contributed by atoms with Gasteiger partial charge in [0.25, 0.3) is 0 Å². The van der Waals surface area contributed by atoms with Gasteiger partial charge in [-0.1, -0.05) is 0 Å². The summed E-state index contributed by atoms with van der Waals surface area (Å²) in [5.74, 6) is -0.410. The van der Waals surface area contributed by atoms with Crippen LogP contribution in [-0.2, 0) is 4.74 Å². The lowest BCUT2D eigenvalue weighted by molar-refractivity contribution is 0.0599. The average Bonchev–Trinajstić information content (AvgIpc) is 2.10. The molecule has 4 heteroatoms. The molecule has 3 nitrogen and oxygen atoms in total. The molecule has 0 aliphatic rings. The molecule has 0 spiro atoms. The van der Waals surface area contributed by atoms with Crippen molar-refractivity contribution in [1.82, 2.24) is 0 Å². The third-order valence-corrected chi connectivity index (χ3v) is 2.70. The number of phenols is 1. The van der Waals surface area contributed by atoms with Gasteiger partial charge < -0.3 is 9.84 Å². The summed E-state index contributed by atoms with van der Waals surface area (Å²) in [4.78, 5) is 11.2. The van der Waals surface area contributed by atoms with Crippen molar-refractivity contribution in [2.45, 2.75) is 6.92 Å². The van der Waals surface area contributed by atoms with Gasteiger partial charge in [-0.2, -0.15) is 0 Å². The SMILES string of the molecule is COC(=O)c1cc(O)cc(C)c1Br. The Morgan fingerprint density at radius 3 is 2.69 bits per heavy atom. The molecule has 0 aromatic heterocycles. The van der Waals surface area contributed by atoms with E-state index >= 15 is 0 Å². The van der Waals surface area contributed by atoms with Crippen LogP contribution in [0.25, 0.3) is 0 Å². The van der Waals surface area contributed by atoms with E-state index in [-0.39, 0.29) is 5.75 Å². The minimum atomic E-state index is -0.467. The Morgan fingerprint density at radius 2 is 2.15 bits per heavy atom. The Bertz CT molecular complexity index is 347. The summed E-state index contributed by atoms with van der Waals surface area (Å²) in [7, 11) is 1.30. The number of carbonyl (C=O) groups excluding carboxylic acids is 1. The molecule has 0 radical (unpaired) electrons. The zero-order valence-corrected chi connectivity index (χ0v) is 8.88. The number of benzene rings is 1. The summed E-state index contributed by atoms with van der Waals surface area (Å²) < 4.78 is 5.20. The van der Waals surface area contributed by atoms with Gasteiger partial charge in [-0.25, -0.2) is 4.79 Å². The maximum Gasteiger partial charge on any atom is 0.339 e. The second-order valence-electron chi connectivity index (χ2n) is 2.62. The molecule has 1 N–H and O–H groups in total. The first-order valence-corrected chi connectivity index (χ1v) is 4.43. The molecule has 0 aliphatic heterocycles. The first-order valence-electron chi connectivity index (χ1n) is 3.63. The molecule has 0 bridgehead atoms. The minimum absolute atomic E-state index is 0.0566. The topological polar surface area (TPSA) is 46.5 Å². The van der Waals surface area contributed by atoms with Crippen molar-refractivity contribution in [3.8, 4) is 5.75 Å². The maximum absolute atomic E-state index is 11.2. The van der Waals surface area contributed by atoms with Gasteiger partial charge in [0.1, 0.15) is 5.75 Å². The standard InChI is InChI=1S/C9H9BrO3/c1-5-3-6(11)4-7(8(5)10)9(12)13-2/h3-4,11H,1-2H3. The monoisotopic (exact) mass is 244 g/mol. The van der Waals surface area contributed by atoms with Crippen LogP contribution in [0.3, 0.4) is 0 Å². The van der Waals surface area contributed by atoms with E-state index < -0.39 is 5.97 Å². The number of ether oxygens (including phenoxy) is 1. The van der Waals surface area contributed by atoms with Crippen molar-refractivity contribution in [2.75, 3.05) is 7.11 Å². The van der Waals surface area contributed by atoms with Crippen molar-refractivity contribution in [3.63, 3.8) is 0 Å². The molecule has 70 valence electrons. The van der Waals surface area contributed by atoms with Gasteiger partial charge in [0.2, 0.25) is 0 Å². The third-order valence-electron chi connectivity index (χ3n) is 1.64. The largest absolute Gasteiger partial charge is 0.508 e. The van der Waals surface area contributed by atoms with Crippen LogP contribution >= 0.6 is 15.9 Å². The summed E-state index contributed by atoms with van der Waals surface area (Å²) in [6.07, 6.45) is 0. The molecule has 0 saturated carbocycles. The second-order valence-corrected chi connectivity index (χ2v) is 3.41. The lowest BCUT2D eigenvalue weighted by atomic mass is 10.1. The first kappa shape index (κ1) is 10.1. The van der Waals surface area contributed by atoms with Crippen LogP contribution < -0.4 is 0 Å². The molecular weight excluding hydrogens is 236 g/mol. The molecule has 1 aromatic carbocycles. The molecule has 13 heavy (non-hydrogen) atoms. The Morgan fingerprint density at radius 1 is 1.54 bits per heavy atom. The van der Waals surface area contributed by atoms with Gasteiger partial charge in [-0.15, -0.1) is 0 Å². The molecule has 1 rings (SSSR count).